The summed E-state index contributed by atoms with van der Waals surface area (Å²) in [5.74, 6) is 0.833. The molecule has 0 N–H and O–H groups in total. The van der Waals surface area contributed by atoms with Crippen molar-refractivity contribution in [1.82, 2.24) is 19.9 Å². The third-order valence-electron chi connectivity index (χ3n) is 3.82. The van der Waals surface area contributed by atoms with Crippen molar-refractivity contribution in [1.29, 1.82) is 0 Å². The van der Waals surface area contributed by atoms with Gasteiger partial charge < -0.3 is 4.90 Å². The van der Waals surface area contributed by atoms with E-state index in [4.69, 9.17) is 0 Å². The van der Waals surface area contributed by atoms with Crippen molar-refractivity contribution in [3.05, 3.63) is 36.7 Å². The molecule has 0 aromatic carbocycles. The Morgan fingerprint density at radius 1 is 1.14 bits per heavy atom. The molecule has 1 fully saturated rings. The first kappa shape index (κ1) is 14.8. The van der Waals surface area contributed by atoms with Gasteiger partial charge in [0.05, 0.1) is 5.69 Å². The van der Waals surface area contributed by atoms with Crippen molar-refractivity contribution in [3.8, 4) is 0 Å². The van der Waals surface area contributed by atoms with Gasteiger partial charge in [0.25, 0.3) is 0 Å². The lowest BCUT2D eigenvalue weighted by Gasteiger charge is -2.32. The normalized spacial score (nSPS) is 16.7. The van der Waals surface area contributed by atoms with E-state index in [1.165, 1.54) is 18.8 Å². The number of sulfone groups is 1. The fraction of sp³-hybridized carbons (Fsp3) is 0.429. The van der Waals surface area contributed by atoms with E-state index < -0.39 is 9.84 Å². The Kier molecular flexibility index (Phi) is 4.02. The predicted molar refractivity (Wildman–Crippen MR) is 81.4 cm³/mol. The van der Waals surface area contributed by atoms with Gasteiger partial charge in [-0.1, -0.05) is 0 Å². The fourth-order valence-electron chi connectivity index (χ4n) is 2.73. The van der Waals surface area contributed by atoms with E-state index in [2.05, 4.69) is 24.8 Å². The Morgan fingerprint density at radius 3 is 2.45 bits per heavy atom. The number of piperidine rings is 1. The second-order valence-electron chi connectivity index (χ2n) is 5.35. The summed E-state index contributed by atoms with van der Waals surface area (Å²) < 4.78 is 23.7. The van der Waals surface area contributed by atoms with Gasteiger partial charge in [-0.15, -0.1) is 0 Å². The van der Waals surface area contributed by atoms with Crippen molar-refractivity contribution in [2.75, 3.05) is 24.2 Å². The van der Waals surface area contributed by atoms with Crippen molar-refractivity contribution in [2.45, 2.75) is 23.7 Å². The number of anilines is 1. The van der Waals surface area contributed by atoms with Crippen molar-refractivity contribution >= 4 is 15.8 Å². The molecule has 2 aromatic rings. The van der Waals surface area contributed by atoms with Gasteiger partial charge in [0.15, 0.2) is 9.84 Å². The Hall–Kier alpha value is -2.09. The summed E-state index contributed by atoms with van der Waals surface area (Å²) >= 11 is 0. The van der Waals surface area contributed by atoms with E-state index in [-0.39, 0.29) is 10.8 Å². The Labute approximate surface area is 129 Å². The van der Waals surface area contributed by atoms with Crippen molar-refractivity contribution in [2.24, 2.45) is 0 Å². The minimum absolute atomic E-state index is 0.118. The zero-order chi connectivity index (χ0) is 15.6. The molecule has 0 aliphatic carbocycles. The Bertz CT molecular complexity index is 743. The molecule has 0 radical (unpaired) electrons. The van der Waals surface area contributed by atoms with Gasteiger partial charge in [0, 0.05) is 43.9 Å². The molecule has 0 bridgehead atoms. The maximum absolute atomic E-state index is 11.9. The molecule has 116 valence electrons. The van der Waals surface area contributed by atoms with Crippen molar-refractivity contribution < 1.29 is 8.42 Å². The van der Waals surface area contributed by atoms with Crippen LogP contribution in [0.15, 0.2) is 35.9 Å². The maximum atomic E-state index is 11.9. The minimum Gasteiger partial charge on any atom is -0.341 e. The van der Waals surface area contributed by atoms with Crippen LogP contribution >= 0.6 is 0 Å². The first-order chi connectivity index (χ1) is 10.6. The number of rotatable bonds is 3. The van der Waals surface area contributed by atoms with Gasteiger partial charge in [-0.3, -0.25) is 0 Å². The third kappa shape index (κ3) is 3.06. The molecule has 3 heterocycles. The molecule has 1 saturated heterocycles. The van der Waals surface area contributed by atoms with Crippen LogP contribution in [-0.2, 0) is 9.84 Å². The SMILES string of the molecule is CS(=O)(=O)c1cncnc1C1CCN(c2ncccn2)CC1. The van der Waals surface area contributed by atoms with E-state index in [0.29, 0.717) is 11.6 Å². The number of nitrogens with zero attached hydrogens (tertiary/aromatic N) is 5. The van der Waals surface area contributed by atoms with Crippen LogP contribution < -0.4 is 4.90 Å². The zero-order valence-electron chi connectivity index (χ0n) is 12.3. The van der Waals surface area contributed by atoms with Crippen LogP contribution in [-0.4, -0.2) is 47.7 Å². The van der Waals surface area contributed by atoms with Crippen LogP contribution in [0.4, 0.5) is 5.95 Å². The first-order valence-corrected chi connectivity index (χ1v) is 8.97. The summed E-state index contributed by atoms with van der Waals surface area (Å²) in [6, 6.07) is 1.79. The molecule has 22 heavy (non-hydrogen) atoms. The molecular weight excluding hydrogens is 302 g/mol. The minimum atomic E-state index is -3.31. The molecule has 0 unspecified atom stereocenters. The van der Waals surface area contributed by atoms with E-state index in [1.807, 2.05) is 0 Å². The highest BCUT2D eigenvalue weighted by atomic mass is 32.2. The quantitative estimate of drug-likeness (QED) is 0.835. The average Bonchev–Trinajstić information content (AvgIpc) is 2.55. The smallest absolute Gasteiger partial charge is 0.225 e. The number of hydrogen-bond acceptors (Lipinski definition) is 7. The van der Waals surface area contributed by atoms with E-state index in [1.54, 1.807) is 18.5 Å². The predicted octanol–water partition coefficient (Wildman–Crippen LogP) is 1.05. The molecule has 8 heteroatoms. The molecule has 0 spiro atoms. The Morgan fingerprint density at radius 2 is 1.82 bits per heavy atom. The highest BCUT2D eigenvalue weighted by Crippen LogP contribution is 2.31. The fourth-order valence-corrected chi connectivity index (χ4v) is 3.58. The molecule has 0 amide bonds. The first-order valence-electron chi connectivity index (χ1n) is 7.07. The van der Waals surface area contributed by atoms with E-state index in [0.717, 1.165) is 25.9 Å². The zero-order valence-corrected chi connectivity index (χ0v) is 13.1. The monoisotopic (exact) mass is 319 g/mol. The van der Waals surface area contributed by atoms with Gasteiger partial charge >= 0.3 is 0 Å². The third-order valence-corrected chi connectivity index (χ3v) is 4.94. The van der Waals surface area contributed by atoms with Crippen LogP contribution in [0.5, 0.6) is 0 Å². The van der Waals surface area contributed by atoms with Gasteiger partial charge in [-0.2, -0.15) is 0 Å². The maximum Gasteiger partial charge on any atom is 0.225 e. The summed E-state index contributed by atoms with van der Waals surface area (Å²) in [5.41, 5.74) is 0.631. The summed E-state index contributed by atoms with van der Waals surface area (Å²) in [7, 11) is -3.31. The van der Waals surface area contributed by atoms with Crippen LogP contribution in [0.1, 0.15) is 24.5 Å². The highest BCUT2D eigenvalue weighted by molar-refractivity contribution is 7.90. The van der Waals surface area contributed by atoms with Gasteiger partial charge in [-0.05, 0) is 18.9 Å². The van der Waals surface area contributed by atoms with Gasteiger partial charge in [0.1, 0.15) is 11.2 Å². The molecule has 2 aromatic heterocycles. The lowest BCUT2D eigenvalue weighted by atomic mass is 9.93. The van der Waals surface area contributed by atoms with Crippen LogP contribution in [0, 0.1) is 0 Å². The van der Waals surface area contributed by atoms with E-state index in [9.17, 15) is 8.42 Å². The highest BCUT2D eigenvalue weighted by Gasteiger charge is 2.27. The molecule has 1 aliphatic rings. The van der Waals surface area contributed by atoms with Crippen LogP contribution in [0.25, 0.3) is 0 Å². The summed E-state index contributed by atoms with van der Waals surface area (Å²) in [6.45, 7) is 1.56. The summed E-state index contributed by atoms with van der Waals surface area (Å²) in [4.78, 5) is 18.9. The molecular formula is C14H17N5O2S. The van der Waals surface area contributed by atoms with Crippen LogP contribution in [0.2, 0.25) is 0 Å². The van der Waals surface area contributed by atoms with Crippen LogP contribution in [0.3, 0.4) is 0 Å². The second kappa shape index (κ2) is 5.96. The standard InChI is InChI=1S/C14H17N5O2S/c1-22(20,21)12-9-15-10-18-13(12)11-3-7-19(8-4-11)14-16-5-2-6-17-14/h2,5-6,9-11H,3-4,7-8H2,1H3. The summed E-state index contributed by atoms with van der Waals surface area (Å²) in [5, 5.41) is 0. The number of aromatic nitrogens is 4. The average molecular weight is 319 g/mol. The Balaban J connectivity index is 1.78. The second-order valence-corrected chi connectivity index (χ2v) is 7.34. The number of hydrogen-bond donors (Lipinski definition) is 0. The molecule has 0 saturated carbocycles. The molecule has 3 rings (SSSR count). The lowest BCUT2D eigenvalue weighted by molar-refractivity contribution is 0.481. The molecule has 1 aliphatic heterocycles. The van der Waals surface area contributed by atoms with Gasteiger partial charge in [0.2, 0.25) is 5.95 Å². The molecule has 0 atom stereocenters. The summed E-state index contributed by atoms with van der Waals surface area (Å²) in [6.07, 6.45) is 9.08. The van der Waals surface area contributed by atoms with E-state index >= 15 is 0 Å². The van der Waals surface area contributed by atoms with Crippen molar-refractivity contribution in [3.63, 3.8) is 0 Å². The largest absolute Gasteiger partial charge is 0.341 e. The molecule has 7 nitrogen and oxygen atoms in total. The topological polar surface area (TPSA) is 88.9 Å². The lowest BCUT2D eigenvalue weighted by Crippen LogP contribution is -2.34. The van der Waals surface area contributed by atoms with Gasteiger partial charge in [-0.25, -0.2) is 28.4 Å².